The minimum Gasteiger partial charge on any atom is -0.494 e. The normalized spacial score (nSPS) is 11.0. The van der Waals surface area contributed by atoms with Crippen molar-refractivity contribution in [2.75, 3.05) is 11.9 Å². The molecule has 0 aliphatic rings. The molecule has 0 bridgehead atoms. The standard InChI is InChI=1S/C25H18Br2Cl2N2O3/c1-2-33-19-6-4-18(5-7-19)31-25(32)17(13-30)9-16-10-20(26)24(21(27)11-16)34-14-15-3-8-22(28)23(29)12-15/h3-12H,2,14H2,1H3,(H,31,32)/b17-9-. The molecule has 0 aliphatic heterocycles. The Morgan fingerprint density at radius 3 is 2.29 bits per heavy atom. The van der Waals surface area contributed by atoms with Crippen LogP contribution in [0.25, 0.3) is 6.08 Å². The average Bonchev–Trinajstić information content (AvgIpc) is 2.80. The molecule has 0 unspecified atom stereocenters. The Morgan fingerprint density at radius 1 is 1.03 bits per heavy atom. The highest BCUT2D eigenvalue weighted by molar-refractivity contribution is 9.11. The number of nitrogens with zero attached hydrogens (tertiary/aromatic N) is 1. The molecule has 0 saturated heterocycles. The summed E-state index contributed by atoms with van der Waals surface area (Å²) in [5, 5.41) is 13.2. The molecule has 0 fully saturated rings. The summed E-state index contributed by atoms with van der Waals surface area (Å²) in [6.45, 7) is 2.72. The van der Waals surface area contributed by atoms with Gasteiger partial charge >= 0.3 is 0 Å². The second kappa shape index (κ2) is 12.3. The summed E-state index contributed by atoms with van der Waals surface area (Å²) >= 11 is 19.0. The molecule has 174 valence electrons. The molecule has 34 heavy (non-hydrogen) atoms. The largest absolute Gasteiger partial charge is 0.494 e. The Bertz CT molecular complexity index is 1250. The molecule has 0 atom stereocenters. The summed E-state index contributed by atoms with van der Waals surface area (Å²) in [6.07, 6.45) is 1.50. The first-order chi connectivity index (χ1) is 16.3. The van der Waals surface area contributed by atoms with Crippen LogP contribution in [0.1, 0.15) is 18.1 Å². The number of anilines is 1. The summed E-state index contributed by atoms with van der Waals surface area (Å²) in [6, 6.07) is 17.7. The average molecular weight is 625 g/mol. The Hall–Kier alpha value is -2.50. The van der Waals surface area contributed by atoms with Gasteiger partial charge in [0.15, 0.2) is 0 Å². The molecule has 0 spiro atoms. The highest BCUT2D eigenvalue weighted by Gasteiger charge is 2.13. The molecule has 3 rings (SSSR count). The SMILES string of the molecule is CCOc1ccc(NC(=O)/C(C#N)=C\c2cc(Br)c(OCc3ccc(Cl)c(Cl)c3)c(Br)c2)cc1. The van der Waals surface area contributed by atoms with Gasteiger partial charge in [0.2, 0.25) is 0 Å². The van der Waals surface area contributed by atoms with Crippen molar-refractivity contribution in [2.45, 2.75) is 13.5 Å². The lowest BCUT2D eigenvalue weighted by Crippen LogP contribution is -2.13. The van der Waals surface area contributed by atoms with Crippen molar-refractivity contribution in [1.29, 1.82) is 5.26 Å². The highest BCUT2D eigenvalue weighted by atomic mass is 79.9. The lowest BCUT2D eigenvalue weighted by Gasteiger charge is -2.12. The van der Waals surface area contributed by atoms with E-state index >= 15 is 0 Å². The Labute approximate surface area is 224 Å². The monoisotopic (exact) mass is 622 g/mol. The van der Waals surface area contributed by atoms with Crippen LogP contribution in [0.5, 0.6) is 11.5 Å². The van der Waals surface area contributed by atoms with Crippen LogP contribution in [0.3, 0.4) is 0 Å². The third kappa shape index (κ3) is 7.00. The van der Waals surface area contributed by atoms with Crippen LogP contribution in [0.4, 0.5) is 5.69 Å². The zero-order chi connectivity index (χ0) is 24.7. The molecule has 0 saturated carbocycles. The van der Waals surface area contributed by atoms with Crippen molar-refractivity contribution in [1.82, 2.24) is 0 Å². The number of rotatable bonds is 8. The topological polar surface area (TPSA) is 71.3 Å². The van der Waals surface area contributed by atoms with Gasteiger partial charge in [-0.25, -0.2) is 0 Å². The van der Waals surface area contributed by atoms with Gasteiger partial charge < -0.3 is 14.8 Å². The predicted molar refractivity (Wildman–Crippen MR) is 142 cm³/mol. The van der Waals surface area contributed by atoms with E-state index in [-0.39, 0.29) is 12.2 Å². The maximum absolute atomic E-state index is 12.6. The lowest BCUT2D eigenvalue weighted by molar-refractivity contribution is -0.112. The summed E-state index contributed by atoms with van der Waals surface area (Å²) in [7, 11) is 0. The molecule has 3 aromatic rings. The zero-order valence-electron chi connectivity index (χ0n) is 17.9. The number of nitrogens with one attached hydrogen (secondary N) is 1. The van der Waals surface area contributed by atoms with E-state index in [0.29, 0.717) is 48.3 Å². The number of amides is 1. The number of ether oxygens (including phenoxy) is 2. The third-order valence-corrected chi connectivity index (χ3v) is 6.40. The van der Waals surface area contributed by atoms with E-state index < -0.39 is 5.91 Å². The third-order valence-electron chi connectivity index (χ3n) is 4.49. The van der Waals surface area contributed by atoms with Gasteiger partial charge in [0, 0.05) is 5.69 Å². The van der Waals surface area contributed by atoms with Crippen LogP contribution in [-0.2, 0) is 11.4 Å². The van der Waals surface area contributed by atoms with Gasteiger partial charge in [-0.1, -0.05) is 29.3 Å². The van der Waals surface area contributed by atoms with Gasteiger partial charge in [-0.15, -0.1) is 0 Å². The fourth-order valence-electron chi connectivity index (χ4n) is 2.90. The summed E-state index contributed by atoms with van der Waals surface area (Å²) in [5.41, 5.74) is 2.01. The summed E-state index contributed by atoms with van der Waals surface area (Å²) < 4.78 is 12.6. The van der Waals surface area contributed by atoms with Gasteiger partial charge in [-0.3, -0.25) is 4.79 Å². The zero-order valence-corrected chi connectivity index (χ0v) is 22.6. The number of carbonyl (C=O) groups is 1. The van der Waals surface area contributed by atoms with Crippen molar-refractivity contribution in [3.8, 4) is 17.6 Å². The first kappa shape index (κ1) is 26.1. The number of nitriles is 1. The minimum atomic E-state index is -0.515. The number of halogens is 4. The summed E-state index contributed by atoms with van der Waals surface area (Å²) in [5.74, 6) is 0.757. The van der Waals surface area contributed by atoms with E-state index in [4.69, 9.17) is 32.7 Å². The van der Waals surface area contributed by atoms with Crippen LogP contribution in [0.15, 0.2) is 69.1 Å². The van der Waals surface area contributed by atoms with Crippen LogP contribution < -0.4 is 14.8 Å². The molecule has 1 N–H and O–H groups in total. The molecule has 0 aromatic heterocycles. The summed E-state index contributed by atoms with van der Waals surface area (Å²) in [4.78, 5) is 12.6. The van der Waals surface area contributed by atoms with E-state index in [1.165, 1.54) is 6.08 Å². The second-order valence-electron chi connectivity index (χ2n) is 6.93. The Kier molecular flexibility index (Phi) is 9.43. The quantitative estimate of drug-likeness (QED) is 0.203. The molecule has 5 nitrogen and oxygen atoms in total. The Balaban J connectivity index is 1.73. The molecule has 0 heterocycles. The van der Waals surface area contributed by atoms with Crippen molar-refractivity contribution in [2.24, 2.45) is 0 Å². The van der Waals surface area contributed by atoms with Crippen molar-refractivity contribution < 1.29 is 14.3 Å². The molecule has 9 heteroatoms. The molecule has 3 aromatic carbocycles. The van der Waals surface area contributed by atoms with Crippen molar-refractivity contribution in [3.63, 3.8) is 0 Å². The maximum Gasteiger partial charge on any atom is 0.266 e. The van der Waals surface area contributed by atoms with Crippen LogP contribution in [-0.4, -0.2) is 12.5 Å². The van der Waals surface area contributed by atoms with E-state index in [1.54, 1.807) is 48.5 Å². The first-order valence-electron chi connectivity index (χ1n) is 10.0. The molecule has 0 radical (unpaired) electrons. The number of benzene rings is 3. The molecule has 1 amide bonds. The fourth-order valence-corrected chi connectivity index (χ4v) is 4.67. The van der Waals surface area contributed by atoms with Gasteiger partial charge in [0.25, 0.3) is 5.91 Å². The van der Waals surface area contributed by atoms with Crippen LogP contribution in [0.2, 0.25) is 10.0 Å². The maximum atomic E-state index is 12.6. The predicted octanol–water partition coefficient (Wildman–Crippen LogP) is 8.04. The second-order valence-corrected chi connectivity index (χ2v) is 9.46. The first-order valence-corrected chi connectivity index (χ1v) is 12.4. The van der Waals surface area contributed by atoms with Crippen molar-refractivity contribution >= 4 is 72.7 Å². The van der Waals surface area contributed by atoms with Gasteiger partial charge in [-0.2, -0.15) is 5.26 Å². The Morgan fingerprint density at radius 2 is 1.71 bits per heavy atom. The van der Waals surface area contributed by atoms with E-state index in [1.807, 2.05) is 19.1 Å². The van der Waals surface area contributed by atoms with Gasteiger partial charge in [0.1, 0.15) is 29.7 Å². The van der Waals surface area contributed by atoms with E-state index in [2.05, 4.69) is 37.2 Å². The minimum absolute atomic E-state index is 0.0443. The smallest absolute Gasteiger partial charge is 0.266 e. The number of hydrogen-bond acceptors (Lipinski definition) is 4. The van der Waals surface area contributed by atoms with Crippen molar-refractivity contribution in [3.05, 3.63) is 90.3 Å². The van der Waals surface area contributed by atoms with Gasteiger partial charge in [0.05, 0.1) is 25.6 Å². The van der Waals surface area contributed by atoms with E-state index in [9.17, 15) is 10.1 Å². The van der Waals surface area contributed by atoms with Gasteiger partial charge in [-0.05, 0) is 105 Å². The molecular weight excluding hydrogens is 607 g/mol. The van der Waals surface area contributed by atoms with Crippen LogP contribution >= 0.6 is 55.1 Å². The molecular formula is C25H18Br2Cl2N2O3. The molecule has 0 aliphatic carbocycles. The highest BCUT2D eigenvalue weighted by Crippen LogP contribution is 2.36. The number of hydrogen-bond donors (Lipinski definition) is 1. The van der Waals surface area contributed by atoms with Crippen LogP contribution in [0, 0.1) is 11.3 Å². The number of carbonyl (C=O) groups excluding carboxylic acids is 1. The fraction of sp³-hybridized carbons (Fsp3) is 0.120. The lowest BCUT2D eigenvalue weighted by atomic mass is 10.1. The van der Waals surface area contributed by atoms with E-state index in [0.717, 1.165) is 5.56 Å².